The van der Waals surface area contributed by atoms with Gasteiger partial charge < -0.3 is 14.2 Å². The molecule has 1 aromatic rings. The molecule has 3 rings (SSSR count). The quantitative estimate of drug-likeness (QED) is 0.818. The van der Waals surface area contributed by atoms with Crippen LogP contribution in [0.25, 0.3) is 0 Å². The lowest BCUT2D eigenvalue weighted by atomic mass is 10.1. The first kappa shape index (κ1) is 14.6. The molecule has 21 heavy (non-hydrogen) atoms. The number of ether oxygens (including phenoxy) is 3. The molecule has 0 spiro atoms. The van der Waals surface area contributed by atoms with Crippen molar-refractivity contribution in [3.05, 3.63) is 22.2 Å². The van der Waals surface area contributed by atoms with Crippen LogP contribution in [0.1, 0.15) is 18.0 Å². The van der Waals surface area contributed by atoms with Crippen LogP contribution in [-0.4, -0.2) is 44.4 Å². The van der Waals surface area contributed by atoms with Crippen molar-refractivity contribution in [1.29, 1.82) is 5.26 Å². The van der Waals surface area contributed by atoms with Crippen molar-refractivity contribution < 1.29 is 14.2 Å². The van der Waals surface area contributed by atoms with Crippen LogP contribution < -0.4 is 9.47 Å². The molecule has 0 aromatic heterocycles. The molecule has 1 atom stereocenters. The smallest absolute Gasteiger partial charge is 0.175 e. The van der Waals surface area contributed by atoms with E-state index in [4.69, 9.17) is 14.2 Å². The third-order valence-electron chi connectivity index (χ3n) is 3.67. The highest BCUT2D eigenvalue weighted by Crippen LogP contribution is 2.40. The molecule has 0 saturated carbocycles. The van der Waals surface area contributed by atoms with E-state index in [2.05, 4.69) is 26.9 Å². The molecule has 0 bridgehead atoms. The summed E-state index contributed by atoms with van der Waals surface area (Å²) in [6, 6.07) is 5.98. The molecule has 5 nitrogen and oxygen atoms in total. The number of benzene rings is 1. The Morgan fingerprint density at radius 2 is 1.90 bits per heavy atom. The molecule has 1 unspecified atom stereocenters. The Balaban J connectivity index is 1.92. The van der Waals surface area contributed by atoms with Gasteiger partial charge in [-0.3, -0.25) is 4.90 Å². The van der Waals surface area contributed by atoms with E-state index in [1.54, 1.807) is 0 Å². The van der Waals surface area contributed by atoms with Gasteiger partial charge in [-0.15, -0.1) is 0 Å². The molecule has 0 radical (unpaired) electrons. The van der Waals surface area contributed by atoms with Gasteiger partial charge in [-0.05, 0) is 33.6 Å². The molecule has 1 fully saturated rings. The van der Waals surface area contributed by atoms with E-state index in [1.807, 2.05) is 12.1 Å². The second-order valence-electron chi connectivity index (χ2n) is 5.06. The fourth-order valence-corrected chi connectivity index (χ4v) is 3.19. The summed E-state index contributed by atoms with van der Waals surface area (Å²) in [5.74, 6) is 1.44. The van der Waals surface area contributed by atoms with E-state index in [9.17, 15) is 5.26 Å². The summed E-state index contributed by atoms with van der Waals surface area (Å²) in [5, 5.41) is 9.56. The highest BCUT2D eigenvalue weighted by atomic mass is 79.9. The van der Waals surface area contributed by atoms with Crippen LogP contribution in [0, 0.1) is 11.3 Å². The maximum atomic E-state index is 9.56. The van der Waals surface area contributed by atoms with E-state index in [0.29, 0.717) is 32.2 Å². The highest BCUT2D eigenvalue weighted by Gasteiger charge is 2.25. The Morgan fingerprint density at radius 1 is 1.14 bits per heavy atom. The average molecular weight is 353 g/mol. The van der Waals surface area contributed by atoms with Gasteiger partial charge in [0.15, 0.2) is 11.5 Å². The molecule has 6 heteroatoms. The van der Waals surface area contributed by atoms with Gasteiger partial charge >= 0.3 is 0 Å². The van der Waals surface area contributed by atoms with Crippen LogP contribution in [-0.2, 0) is 4.74 Å². The van der Waals surface area contributed by atoms with Crippen molar-refractivity contribution in [2.24, 2.45) is 0 Å². The SMILES string of the molecule is N#CC(c1cc(Br)c2c(c1)OCCCO2)N1CCOCC1. The lowest BCUT2D eigenvalue weighted by molar-refractivity contribution is 0.0266. The Labute approximate surface area is 132 Å². The molecular weight excluding hydrogens is 336 g/mol. The molecule has 0 N–H and O–H groups in total. The van der Waals surface area contributed by atoms with Crippen molar-refractivity contribution >= 4 is 15.9 Å². The van der Waals surface area contributed by atoms with Gasteiger partial charge in [0.05, 0.1) is 37.0 Å². The number of nitrogens with zero attached hydrogens (tertiary/aromatic N) is 2. The summed E-state index contributed by atoms with van der Waals surface area (Å²) >= 11 is 3.53. The topological polar surface area (TPSA) is 54.7 Å². The number of halogens is 1. The Kier molecular flexibility index (Phi) is 4.63. The maximum Gasteiger partial charge on any atom is 0.175 e. The minimum absolute atomic E-state index is 0.289. The summed E-state index contributed by atoms with van der Waals surface area (Å²) in [6.07, 6.45) is 0.863. The third-order valence-corrected chi connectivity index (χ3v) is 4.26. The predicted molar refractivity (Wildman–Crippen MR) is 80.5 cm³/mol. The van der Waals surface area contributed by atoms with Gasteiger partial charge in [0, 0.05) is 19.5 Å². The molecule has 2 heterocycles. The highest BCUT2D eigenvalue weighted by molar-refractivity contribution is 9.10. The first-order chi connectivity index (χ1) is 10.3. The molecular formula is C15H17BrN2O3. The molecule has 0 amide bonds. The van der Waals surface area contributed by atoms with Crippen molar-refractivity contribution in [3.8, 4) is 17.6 Å². The van der Waals surface area contributed by atoms with Crippen molar-refractivity contribution in [1.82, 2.24) is 4.90 Å². The summed E-state index contributed by atoms with van der Waals surface area (Å²) in [7, 11) is 0. The van der Waals surface area contributed by atoms with E-state index in [-0.39, 0.29) is 6.04 Å². The zero-order chi connectivity index (χ0) is 14.7. The number of morpholine rings is 1. The van der Waals surface area contributed by atoms with Gasteiger partial charge in [-0.25, -0.2) is 0 Å². The van der Waals surface area contributed by atoms with Gasteiger partial charge in [0.1, 0.15) is 6.04 Å². The van der Waals surface area contributed by atoms with Gasteiger partial charge in [0.25, 0.3) is 0 Å². The standard InChI is InChI=1S/C15H17BrN2O3/c16-12-8-11(9-14-15(12)21-5-1-4-20-14)13(10-17)18-2-6-19-7-3-18/h8-9,13H,1-7H2. The summed E-state index contributed by atoms with van der Waals surface area (Å²) in [5.41, 5.74) is 0.926. The van der Waals surface area contributed by atoms with Crippen molar-refractivity contribution in [3.63, 3.8) is 0 Å². The van der Waals surface area contributed by atoms with Gasteiger partial charge in [-0.2, -0.15) is 5.26 Å². The second-order valence-corrected chi connectivity index (χ2v) is 5.91. The number of fused-ring (bicyclic) bond motifs is 1. The number of nitriles is 1. The van der Waals surface area contributed by atoms with Crippen LogP contribution in [0.5, 0.6) is 11.5 Å². The average Bonchev–Trinajstić information content (AvgIpc) is 2.75. The van der Waals surface area contributed by atoms with Crippen LogP contribution in [0.3, 0.4) is 0 Å². The van der Waals surface area contributed by atoms with Crippen LogP contribution in [0.2, 0.25) is 0 Å². The molecule has 2 aliphatic heterocycles. The number of hydrogen-bond acceptors (Lipinski definition) is 5. The summed E-state index contributed by atoms with van der Waals surface area (Å²) < 4.78 is 17.6. The van der Waals surface area contributed by atoms with Crippen molar-refractivity contribution in [2.45, 2.75) is 12.5 Å². The van der Waals surface area contributed by atoms with Crippen molar-refractivity contribution in [2.75, 3.05) is 39.5 Å². The van der Waals surface area contributed by atoms with E-state index in [1.165, 1.54) is 0 Å². The first-order valence-electron chi connectivity index (χ1n) is 7.10. The Morgan fingerprint density at radius 3 is 2.67 bits per heavy atom. The Hall–Kier alpha value is -1.29. The maximum absolute atomic E-state index is 9.56. The third kappa shape index (κ3) is 3.15. The number of hydrogen-bond donors (Lipinski definition) is 0. The minimum atomic E-state index is -0.289. The monoisotopic (exact) mass is 352 g/mol. The minimum Gasteiger partial charge on any atom is -0.490 e. The molecule has 1 aromatic carbocycles. The fraction of sp³-hybridized carbons (Fsp3) is 0.533. The number of rotatable bonds is 2. The predicted octanol–water partition coefficient (Wildman–Crippen LogP) is 2.51. The van der Waals surface area contributed by atoms with Crippen LogP contribution in [0.4, 0.5) is 0 Å². The van der Waals surface area contributed by atoms with Crippen LogP contribution in [0.15, 0.2) is 16.6 Å². The van der Waals surface area contributed by atoms with E-state index >= 15 is 0 Å². The van der Waals surface area contributed by atoms with Gasteiger partial charge in [0.2, 0.25) is 0 Å². The van der Waals surface area contributed by atoms with E-state index in [0.717, 1.165) is 35.3 Å². The normalized spacial score (nSPS) is 20.4. The molecule has 1 saturated heterocycles. The molecule has 0 aliphatic carbocycles. The fourth-order valence-electron chi connectivity index (χ4n) is 2.61. The zero-order valence-corrected chi connectivity index (χ0v) is 13.3. The lowest BCUT2D eigenvalue weighted by Gasteiger charge is -2.31. The summed E-state index contributed by atoms with van der Waals surface area (Å²) in [4.78, 5) is 2.13. The lowest BCUT2D eigenvalue weighted by Crippen LogP contribution is -2.38. The van der Waals surface area contributed by atoms with Crippen LogP contribution >= 0.6 is 15.9 Å². The van der Waals surface area contributed by atoms with Gasteiger partial charge in [-0.1, -0.05) is 0 Å². The largest absolute Gasteiger partial charge is 0.490 e. The summed E-state index contributed by atoms with van der Waals surface area (Å²) in [6.45, 7) is 4.16. The first-order valence-corrected chi connectivity index (χ1v) is 7.89. The van der Waals surface area contributed by atoms with E-state index < -0.39 is 0 Å². The Bertz CT molecular complexity index is 553. The molecule has 2 aliphatic rings. The molecule has 112 valence electrons. The zero-order valence-electron chi connectivity index (χ0n) is 11.7. The second kappa shape index (κ2) is 6.65.